The minimum absolute atomic E-state index is 0.160. The number of hydrogen-bond acceptors (Lipinski definition) is 5. The first-order chi connectivity index (χ1) is 12.7. The van der Waals surface area contributed by atoms with Crippen molar-refractivity contribution in [1.29, 1.82) is 0 Å². The van der Waals surface area contributed by atoms with E-state index in [1.807, 2.05) is 36.5 Å². The Kier molecular flexibility index (Phi) is 4.57. The van der Waals surface area contributed by atoms with E-state index in [-0.39, 0.29) is 6.04 Å². The number of hydroxylamine groups is 1. The van der Waals surface area contributed by atoms with Crippen molar-refractivity contribution < 1.29 is 10.0 Å². The van der Waals surface area contributed by atoms with Crippen molar-refractivity contribution in [3.05, 3.63) is 64.4 Å². The summed E-state index contributed by atoms with van der Waals surface area (Å²) in [4.78, 5) is 23.1. The molecule has 1 saturated heterocycles. The van der Waals surface area contributed by atoms with Gasteiger partial charge in [0.1, 0.15) is 0 Å². The number of anilines is 1. The molecule has 2 heterocycles. The molecule has 1 aromatic heterocycles. The van der Waals surface area contributed by atoms with Gasteiger partial charge >= 0.3 is 0 Å². The Morgan fingerprint density at radius 3 is 2.77 bits per heavy atom. The number of hydrogen-bond donors (Lipinski definition) is 2. The first-order valence-corrected chi connectivity index (χ1v) is 9.18. The number of nitrogens with one attached hydrogen (secondary N) is 1. The second kappa shape index (κ2) is 7.01. The van der Waals surface area contributed by atoms with E-state index in [1.54, 1.807) is 17.6 Å². The van der Waals surface area contributed by atoms with Crippen LogP contribution in [0.15, 0.2) is 53.1 Å². The molecule has 1 aliphatic heterocycles. The molecule has 0 radical (unpaired) electrons. The lowest BCUT2D eigenvalue weighted by molar-refractivity contribution is 0.0706. The van der Waals surface area contributed by atoms with Gasteiger partial charge in [0.2, 0.25) is 0 Å². The third-order valence-electron chi connectivity index (χ3n) is 4.68. The lowest BCUT2D eigenvalue weighted by Gasteiger charge is -2.26. The van der Waals surface area contributed by atoms with Gasteiger partial charge in [0.15, 0.2) is 0 Å². The van der Waals surface area contributed by atoms with Crippen molar-refractivity contribution in [3.63, 3.8) is 0 Å². The molecule has 7 heteroatoms. The quantitative estimate of drug-likeness (QED) is 0.504. The summed E-state index contributed by atoms with van der Waals surface area (Å²) in [6, 6.07) is 13.3. The maximum Gasteiger partial charge on any atom is 0.274 e. The third kappa shape index (κ3) is 3.15. The van der Waals surface area contributed by atoms with E-state index in [9.17, 15) is 4.79 Å². The van der Waals surface area contributed by atoms with Gasteiger partial charge in [-0.1, -0.05) is 15.9 Å². The fourth-order valence-electron chi connectivity index (χ4n) is 3.41. The fourth-order valence-corrected chi connectivity index (χ4v) is 3.76. The van der Waals surface area contributed by atoms with Crippen molar-refractivity contribution in [2.45, 2.75) is 18.9 Å². The third-order valence-corrected chi connectivity index (χ3v) is 5.17. The first kappa shape index (κ1) is 16.9. The maximum atomic E-state index is 11.5. The Bertz CT molecular complexity index is 961. The number of fused-ring (bicyclic) bond motifs is 1. The highest BCUT2D eigenvalue weighted by molar-refractivity contribution is 9.10. The van der Waals surface area contributed by atoms with Crippen molar-refractivity contribution in [2.75, 3.05) is 11.4 Å². The summed E-state index contributed by atoms with van der Waals surface area (Å²) in [5.74, 6) is -0.513. The Morgan fingerprint density at radius 1 is 1.19 bits per heavy atom. The molecule has 0 saturated carbocycles. The molecule has 1 unspecified atom stereocenters. The molecule has 6 nitrogen and oxygen atoms in total. The van der Waals surface area contributed by atoms with E-state index < -0.39 is 5.91 Å². The van der Waals surface area contributed by atoms with Crippen LogP contribution in [0.2, 0.25) is 0 Å². The second-order valence-electron chi connectivity index (χ2n) is 6.27. The normalized spacial score (nSPS) is 16.8. The van der Waals surface area contributed by atoms with Crippen molar-refractivity contribution >= 4 is 38.6 Å². The highest BCUT2D eigenvalue weighted by Crippen LogP contribution is 2.35. The summed E-state index contributed by atoms with van der Waals surface area (Å²) in [6.07, 6.45) is 3.94. The van der Waals surface area contributed by atoms with Crippen LogP contribution in [-0.2, 0) is 0 Å². The summed E-state index contributed by atoms with van der Waals surface area (Å²) in [5, 5.41) is 8.74. The van der Waals surface area contributed by atoms with Gasteiger partial charge in [-0.05, 0) is 55.3 Å². The number of nitrogens with zero attached hydrogens (tertiary/aromatic N) is 3. The number of halogens is 1. The number of amides is 1. The van der Waals surface area contributed by atoms with Crippen molar-refractivity contribution in [1.82, 2.24) is 15.4 Å². The van der Waals surface area contributed by atoms with Crippen LogP contribution in [0.4, 0.5) is 5.69 Å². The van der Waals surface area contributed by atoms with Gasteiger partial charge in [-0.3, -0.25) is 15.0 Å². The Morgan fingerprint density at radius 2 is 2.00 bits per heavy atom. The van der Waals surface area contributed by atoms with Gasteiger partial charge in [-0.25, -0.2) is 10.5 Å². The van der Waals surface area contributed by atoms with Gasteiger partial charge in [-0.2, -0.15) is 0 Å². The van der Waals surface area contributed by atoms with Crippen LogP contribution in [0.1, 0.15) is 34.9 Å². The molecule has 0 aliphatic carbocycles. The van der Waals surface area contributed by atoms with Crippen molar-refractivity contribution in [3.8, 4) is 0 Å². The standard InChI is InChI=1S/C19H17BrN4O2/c20-13-5-8-15-16(10-13)21-11-17(22-15)18-2-1-9-24(18)14-6-3-12(4-7-14)19(25)23-26/h3-8,10-11,18,26H,1-2,9H2,(H,23,25). The Labute approximate surface area is 159 Å². The predicted molar refractivity (Wildman–Crippen MR) is 102 cm³/mol. The lowest BCUT2D eigenvalue weighted by atomic mass is 10.1. The number of aromatic nitrogens is 2. The summed E-state index contributed by atoms with van der Waals surface area (Å²) in [6.45, 7) is 0.927. The maximum absolute atomic E-state index is 11.5. The molecule has 1 amide bonds. The molecular weight excluding hydrogens is 396 g/mol. The molecule has 0 spiro atoms. The van der Waals surface area contributed by atoms with E-state index in [0.717, 1.165) is 46.3 Å². The average molecular weight is 413 g/mol. The van der Waals surface area contributed by atoms with Crippen LogP contribution in [-0.4, -0.2) is 27.6 Å². The largest absolute Gasteiger partial charge is 0.363 e. The minimum atomic E-state index is -0.513. The molecule has 0 bridgehead atoms. The van der Waals surface area contributed by atoms with E-state index in [0.29, 0.717) is 5.56 Å². The van der Waals surface area contributed by atoms with Crippen LogP contribution in [0, 0.1) is 0 Å². The van der Waals surface area contributed by atoms with Gasteiger partial charge in [0.25, 0.3) is 5.91 Å². The van der Waals surface area contributed by atoms with Gasteiger partial charge in [0.05, 0.1) is 29.0 Å². The predicted octanol–water partition coefficient (Wildman–Crippen LogP) is 3.85. The Balaban J connectivity index is 1.64. The summed E-state index contributed by atoms with van der Waals surface area (Å²) < 4.78 is 0.988. The molecule has 3 aromatic rings. The molecule has 1 fully saturated rings. The van der Waals surface area contributed by atoms with E-state index in [2.05, 4.69) is 25.8 Å². The van der Waals surface area contributed by atoms with Crippen LogP contribution in [0.5, 0.6) is 0 Å². The van der Waals surface area contributed by atoms with Crippen LogP contribution >= 0.6 is 15.9 Å². The number of benzene rings is 2. The van der Waals surface area contributed by atoms with Crippen LogP contribution in [0.3, 0.4) is 0 Å². The highest BCUT2D eigenvalue weighted by Gasteiger charge is 2.28. The topological polar surface area (TPSA) is 78.4 Å². The first-order valence-electron chi connectivity index (χ1n) is 8.39. The molecule has 26 heavy (non-hydrogen) atoms. The van der Waals surface area contributed by atoms with Crippen LogP contribution < -0.4 is 10.4 Å². The molecule has 1 aliphatic rings. The summed E-state index contributed by atoms with van der Waals surface area (Å²) in [5.41, 5.74) is 5.80. The molecule has 132 valence electrons. The van der Waals surface area contributed by atoms with E-state index in [4.69, 9.17) is 10.2 Å². The lowest BCUT2D eigenvalue weighted by Crippen LogP contribution is -2.24. The molecule has 2 N–H and O–H groups in total. The Hall–Kier alpha value is -2.51. The average Bonchev–Trinajstić information content (AvgIpc) is 3.17. The highest BCUT2D eigenvalue weighted by atomic mass is 79.9. The second-order valence-corrected chi connectivity index (χ2v) is 7.18. The smallest absolute Gasteiger partial charge is 0.274 e. The number of carbonyl (C=O) groups excluding carboxylic acids is 1. The van der Waals surface area contributed by atoms with E-state index >= 15 is 0 Å². The zero-order valence-corrected chi connectivity index (χ0v) is 15.5. The molecule has 4 rings (SSSR count). The SMILES string of the molecule is O=C(NO)c1ccc(N2CCCC2c2cnc3cc(Br)ccc3n2)cc1. The summed E-state index contributed by atoms with van der Waals surface area (Å²) in [7, 11) is 0. The zero-order valence-electron chi connectivity index (χ0n) is 13.9. The molecular formula is C19H17BrN4O2. The number of carbonyl (C=O) groups is 1. The van der Waals surface area contributed by atoms with Crippen molar-refractivity contribution in [2.24, 2.45) is 0 Å². The van der Waals surface area contributed by atoms with E-state index in [1.165, 1.54) is 0 Å². The van der Waals surface area contributed by atoms with Gasteiger partial charge < -0.3 is 4.90 Å². The summed E-state index contributed by atoms with van der Waals surface area (Å²) >= 11 is 3.46. The fraction of sp³-hybridized carbons (Fsp3) is 0.211. The number of rotatable bonds is 3. The van der Waals surface area contributed by atoms with Crippen LogP contribution in [0.25, 0.3) is 11.0 Å². The van der Waals surface area contributed by atoms with Gasteiger partial charge in [-0.15, -0.1) is 0 Å². The molecule has 1 atom stereocenters. The zero-order chi connectivity index (χ0) is 18.1. The molecule has 2 aromatic carbocycles. The minimum Gasteiger partial charge on any atom is -0.363 e. The monoisotopic (exact) mass is 412 g/mol. The van der Waals surface area contributed by atoms with Gasteiger partial charge in [0, 0.05) is 22.3 Å².